The third kappa shape index (κ3) is 2.99. The van der Waals surface area contributed by atoms with Crippen LogP contribution >= 0.6 is 0 Å². The zero-order valence-corrected chi connectivity index (χ0v) is 16.2. The van der Waals surface area contributed by atoms with Crippen molar-refractivity contribution in [2.75, 3.05) is 5.32 Å². The lowest BCUT2D eigenvalue weighted by atomic mass is 10.1. The van der Waals surface area contributed by atoms with Crippen molar-refractivity contribution < 1.29 is 4.42 Å². The van der Waals surface area contributed by atoms with Crippen LogP contribution in [0.15, 0.2) is 70.2 Å². The second-order valence-electron chi connectivity index (χ2n) is 7.23. The number of furan rings is 1. The number of hydrogen-bond acceptors (Lipinski definition) is 4. The minimum atomic E-state index is -0.159. The highest BCUT2D eigenvalue weighted by Gasteiger charge is 2.18. The molecule has 0 bridgehead atoms. The Labute approximate surface area is 166 Å². The predicted octanol–water partition coefficient (Wildman–Crippen LogP) is 4.66. The monoisotopic (exact) mass is 384 g/mol. The summed E-state index contributed by atoms with van der Waals surface area (Å²) < 4.78 is 7.43. The molecule has 0 unspecified atom stereocenters. The molecule has 5 rings (SSSR count). The molecule has 0 atom stereocenters. The van der Waals surface area contributed by atoms with Crippen LogP contribution in [0.1, 0.15) is 16.9 Å². The van der Waals surface area contributed by atoms with Crippen molar-refractivity contribution in [3.63, 3.8) is 0 Å². The molecule has 0 amide bonds. The first kappa shape index (κ1) is 17.3. The number of nitrogens with zero attached hydrogens (tertiary/aromatic N) is 2. The summed E-state index contributed by atoms with van der Waals surface area (Å²) in [7, 11) is 0. The van der Waals surface area contributed by atoms with Crippen LogP contribution in [0.3, 0.4) is 0 Å². The fraction of sp³-hybridized carbons (Fsp3) is 0.130. The fourth-order valence-electron chi connectivity index (χ4n) is 3.65. The number of aromatic amines is 1. The molecule has 4 aromatic heterocycles. The molecule has 0 aliphatic rings. The Morgan fingerprint density at radius 3 is 2.86 bits per heavy atom. The number of fused-ring (bicyclic) bond motifs is 2. The van der Waals surface area contributed by atoms with Crippen LogP contribution in [0.4, 0.5) is 5.82 Å². The topological polar surface area (TPSA) is 75.3 Å². The predicted molar refractivity (Wildman–Crippen MR) is 114 cm³/mol. The molecule has 0 aliphatic carbocycles. The van der Waals surface area contributed by atoms with E-state index in [2.05, 4.69) is 10.3 Å². The molecule has 2 N–H and O–H groups in total. The molecule has 6 nitrogen and oxygen atoms in total. The van der Waals surface area contributed by atoms with E-state index in [1.54, 1.807) is 6.26 Å². The van der Waals surface area contributed by atoms with E-state index in [1.165, 1.54) is 0 Å². The van der Waals surface area contributed by atoms with E-state index in [9.17, 15) is 4.79 Å². The van der Waals surface area contributed by atoms with Gasteiger partial charge in [0.2, 0.25) is 0 Å². The molecule has 1 aromatic carbocycles. The van der Waals surface area contributed by atoms with Crippen LogP contribution in [-0.4, -0.2) is 14.4 Å². The second-order valence-corrected chi connectivity index (χ2v) is 7.23. The maximum atomic E-state index is 13.0. The number of H-pyrrole nitrogens is 1. The molecule has 5 aromatic rings. The summed E-state index contributed by atoms with van der Waals surface area (Å²) in [5, 5.41) is 4.38. The van der Waals surface area contributed by atoms with Crippen molar-refractivity contribution >= 4 is 22.4 Å². The highest BCUT2D eigenvalue weighted by Crippen LogP contribution is 2.29. The number of para-hydroxylation sites is 1. The van der Waals surface area contributed by atoms with Gasteiger partial charge in [-0.2, -0.15) is 0 Å². The van der Waals surface area contributed by atoms with Crippen molar-refractivity contribution in [1.29, 1.82) is 0 Å². The first-order chi connectivity index (χ1) is 14.1. The summed E-state index contributed by atoms with van der Waals surface area (Å²) in [5.41, 5.74) is 4.76. The zero-order valence-electron chi connectivity index (χ0n) is 16.2. The van der Waals surface area contributed by atoms with Gasteiger partial charge in [-0.15, -0.1) is 0 Å². The Morgan fingerprint density at radius 2 is 2.03 bits per heavy atom. The summed E-state index contributed by atoms with van der Waals surface area (Å²) in [6.07, 6.45) is 3.66. The van der Waals surface area contributed by atoms with Crippen LogP contribution in [0.2, 0.25) is 0 Å². The Hall–Kier alpha value is -3.80. The SMILES string of the molecule is Cc1ccc2nc(-c3cc4cccc(C)c4[nH]c3=O)c(NCc3ccco3)n2c1. The normalized spacial score (nSPS) is 11.4. The molecule has 6 heteroatoms. The zero-order chi connectivity index (χ0) is 20.0. The summed E-state index contributed by atoms with van der Waals surface area (Å²) in [5.74, 6) is 1.57. The van der Waals surface area contributed by atoms with Gasteiger partial charge >= 0.3 is 0 Å². The minimum Gasteiger partial charge on any atom is -0.467 e. The summed E-state index contributed by atoms with van der Waals surface area (Å²) in [4.78, 5) is 20.8. The van der Waals surface area contributed by atoms with Gasteiger partial charge in [-0.05, 0) is 54.6 Å². The Kier molecular flexibility index (Phi) is 3.98. The number of hydrogen-bond donors (Lipinski definition) is 2. The molecule has 0 aliphatic heterocycles. The molecule has 0 radical (unpaired) electrons. The quantitative estimate of drug-likeness (QED) is 0.472. The molecule has 0 saturated carbocycles. The number of anilines is 1. The van der Waals surface area contributed by atoms with Crippen LogP contribution in [0, 0.1) is 13.8 Å². The third-order valence-corrected chi connectivity index (χ3v) is 5.12. The van der Waals surface area contributed by atoms with E-state index >= 15 is 0 Å². The van der Waals surface area contributed by atoms with Gasteiger partial charge in [0.25, 0.3) is 5.56 Å². The van der Waals surface area contributed by atoms with Gasteiger partial charge < -0.3 is 14.7 Å². The van der Waals surface area contributed by atoms with Crippen molar-refractivity contribution in [2.45, 2.75) is 20.4 Å². The molecule has 0 spiro atoms. The fourth-order valence-corrected chi connectivity index (χ4v) is 3.65. The average molecular weight is 384 g/mol. The van der Waals surface area contributed by atoms with Gasteiger partial charge in [-0.1, -0.05) is 24.3 Å². The van der Waals surface area contributed by atoms with Crippen molar-refractivity contribution in [1.82, 2.24) is 14.4 Å². The number of aryl methyl sites for hydroxylation is 2. The molecule has 0 saturated heterocycles. The van der Waals surface area contributed by atoms with Gasteiger partial charge in [-0.3, -0.25) is 9.20 Å². The number of benzene rings is 1. The summed E-state index contributed by atoms with van der Waals surface area (Å²) in [6.45, 7) is 4.51. The van der Waals surface area contributed by atoms with Crippen LogP contribution in [0.25, 0.3) is 27.8 Å². The molecule has 29 heavy (non-hydrogen) atoms. The Morgan fingerprint density at radius 1 is 1.14 bits per heavy atom. The number of pyridine rings is 2. The third-order valence-electron chi connectivity index (χ3n) is 5.12. The molecule has 144 valence electrons. The number of imidazole rings is 1. The standard InChI is InChI=1S/C23H20N4O2/c1-14-8-9-19-25-21(22(27(19)13-14)24-12-17-7-4-10-29-17)18-11-16-6-3-5-15(2)20(16)26-23(18)28/h3-11,13,24H,12H2,1-2H3,(H,26,28). The number of rotatable bonds is 4. The first-order valence-corrected chi connectivity index (χ1v) is 9.48. The highest BCUT2D eigenvalue weighted by molar-refractivity contribution is 5.87. The van der Waals surface area contributed by atoms with E-state index in [0.717, 1.165) is 39.3 Å². The van der Waals surface area contributed by atoms with Crippen LogP contribution in [-0.2, 0) is 6.54 Å². The minimum absolute atomic E-state index is 0.159. The van der Waals surface area contributed by atoms with E-state index in [4.69, 9.17) is 9.40 Å². The Balaban J connectivity index is 1.72. The molecule has 0 fully saturated rings. The average Bonchev–Trinajstić information content (AvgIpc) is 3.34. The number of nitrogens with one attached hydrogen (secondary N) is 2. The summed E-state index contributed by atoms with van der Waals surface area (Å²) in [6, 6.07) is 15.6. The van der Waals surface area contributed by atoms with E-state index in [1.807, 2.05) is 73.0 Å². The molecular weight excluding hydrogens is 364 g/mol. The largest absolute Gasteiger partial charge is 0.467 e. The van der Waals surface area contributed by atoms with Gasteiger partial charge in [-0.25, -0.2) is 4.98 Å². The van der Waals surface area contributed by atoms with Crippen LogP contribution < -0.4 is 10.9 Å². The van der Waals surface area contributed by atoms with E-state index < -0.39 is 0 Å². The Bertz CT molecular complexity index is 1390. The molecular formula is C23H20N4O2. The van der Waals surface area contributed by atoms with Gasteiger partial charge in [0.1, 0.15) is 22.9 Å². The van der Waals surface area contributed by atoms with Crippen LogP contribution in [0.5, 0.6) is 0 Å². The van der Waals surface area contributed by atoms with Gasteiger partial charge in [0, 0.05) is 6.20 Å². The number of aromatic nitrogens is 3. The van der Waals surface area contributed by atoms with Crippen molar-refractivity contribution in [2.24, 2.45) is 0 Å². The van der Waals surface area contributed by atoms with Crippen molar-refractivity contribution in [3.05, 3.63) is 88.2 Å². The first-order valence-electron chi connectivity index (χ1n) is 9.48. The maximum Gasteiger partial charge on any atom is 0.258 e. The summed E-state index contributed by atoms with van der Waals surface area (Å²) >= 11 is 0. The van der Waals surface area contributed by atoms with E-state index in [0.29, 0.717) is 17.8 Å². The molecule has 4 heterocycles. The van der Waals surface area contributed by atoms with E-state index in [-0.39, 0.29) is 5.56 Å². The lowest BCUT2D eigenvalue weighted by Gasteiger charge is -2.09. The maximum absolute atomic E-state index is 13.0. The lowest BCUT2D eigenvalue weighted by Crippen LogP contribution is -2.11. The highest BCUT2D eigenvalue weighted by atomic mass is 16.3. The smallest absolute Gasteiger partial charge is 0.258 e. The lowest BCUT2D eigenvalue weighted by molar-refractivity contribution is 0.518. The van der Waals surface area contributed by atoms with Crippen molar-refractivity contribution in [3.8, 4) is 11.3 Å². The van der Waals surface area contributed by atoms with Gasteiger partial charge in [0.15, 0.2) is 0 Å². The second kappa shape index (κ2) is 6.67. The van der Waals surface area contributed by atoms with Gasteiger partial charge in [0.05, 0.1) is 23.9 Å².